The van der Waals surface area contributed by atoms with Crippen molar-refractivity contribution in [3.8, 4) is 0 Å². The van der Waals surface area contributed by atoms with Gasteiger partial charge < -0.3 is 9.88 Å². The predicted molar refractivity (Wildman–Crippen MR) is 118 cm³/mol. The van der Waals surface area contributed by atoms with Crippen molar-refractivity contribution in [3.05, 3.63) is 76.2 Å². The first-order valence-corrected chi connectivity index (χ1v) is 12.4. The third-order valence-corrected chi connectivity index (χ3v) is 8.07. The summed E-state index contributed by atoms with van der Waals surface area (Å²) in [4.78, 5) is 14.1. The molecule has 1 N–H and O–H groups in total. The van der Waals surface area contributed by atoms with Gasteiger partial charge >= 0.3 is 0 Å². The normalized spacial score (nSPS) is 15.2. The topological polar surface area (TPSA) is 71.4 Å². The predicted octanol–water partition coefficient (Wildman–Crippen LogP) is 3.70. The zero-order valence-electron chi connectivity index (χ0n) is 16.7. The maximum absolute atomic E-state index is 12.7. The molecule has 30 heavy (non-hydrogen) atoms. The molecule has 1 aliphatic rings. The molecule has 3 aromatic rings. The minimum atomic E-state index is -3.43. The molecule has 0 bridgehead atoms. The number of carbonyl (C=O) groups excluding carboxylic acids is 1. The average Bonchev–Trinajstić information content (AvgIpc) is 3.45. The van der Waals surface area contributed by atoms with Crippen LogP contribution < -0.4 is 5.32 Å². The van der Waals surface area contributed by atoms with Crippen LogP contribution in [0.3, 0.4) is 0 Å². The van der Waals surface area contributed by atoms with Crippen molar-refractivity contribution in [2.45, 2.75) is 37.2 Å². The Morgan fingerprint density at radius 1 is 1.00 bits per heavy atom. The number of aromatic nitrogens is 1. The Labute approximate surface area is 181 Å². The van der Waals surface area contributed by atoms with Crippen LogP contribution in [0.2, 0.25) is 0 Å². The number of piperidine rings is 1. The van der Waals surface area contributed by atoms with Crippen LogP contribution in [0.25, 0.3) is 0 Å². The van der Waals surface area contributed by atoms with Crippen LogP contribution in [-0.4, -0.2) is 36.3 Å². The Hall–Kier alpha value is -2.42. The first-order valence-electron chi connectivity index (χ1n) is 10.1. The number of rotatable bonds is 7. The van der Waals surface area contributed by atoms with Crippen molar-refractivity contribution in [3.63, 3.8) is 0 Å². The minimum Gasteiger partial charge on any atom is -0.347 e. The van der Waals surface area contributed by atoms with E-state index in [0.29, 0.717) is 36.8 Å². The highest BCUT2D eigenvalue weighted by atomic mass is 32.2. The lowest BCUT2D eigenvalue weighted by molar-refractivity contribution is 0.0942. The maximum atomic E-state index is 12.7. The smallest absolute Gasteiger partial charge is 0.268 e. The van der Waals surface area contributed by atoms with E-state index in [1.54, 1.807) is 46.0 Å². The molecule has 1 aliphatic heterocycles. The van der Waals surface area contributed by atoms with Crippen molar-refractivity contribution in [2.24, 2.45) is 0 Å². The quantitative estimate of drug-likeness (QED) is 0.605. The molecule has 158 valence electrons. The standard InChI is InChI=1S/C22H25N3O3S2/c26-22(21-7-4-12-24(21)17-19-6-5-15-29-19)23-16-18-8-10-20(11-9-18)30(27,28)25-13-2-1-3-14-25/h4-12,15H,1-3,13-14,16-17H2,(H,23,26). The first kappa shape index (κ1) is 20.8. The Kier molecular flexibility index (Phi) is 6.36. The van der Waals surface area contributed by atoms with Gasteiger partial charge in [-0.05, 0) is 54.1 Å². The van der Waals surface area contributed by atoms with Gasteiger partial charge in [0, 0.05) is 30.7 Å². The van der Waals surface area contributed by atoms with Crippen LogP contribution in [0.4, 0.5) is 0 Å². The zero-order chi connectivity index (χ0) is 21.0. The van der Waals surface area contributed by atoms with E-state index in [2.05, 4.69) is 5.32 Å². The van der Waals surface area contributed by atoms with Crippen molar-refractivity contribution in [1.82, 2.24) is 14.2 Å². The molecule has 2 aromatic heterocycles. The molecule has 0 spiro atoms. The van der Waals surface area contributed by atoms with E-state index >= 15 is 0 Å². The Morgan fingerprint density at radius 3 is 2.47 bits per heavy atom. The zero-order valence-corrected chi connectivity index (χ0v) is 18.3. The van der Waals surface area contributed by atoms with Crippen molar-refractivity contribution < 1.29 is 13.2 Å². The molecule has 1 aromatic carbocycles. The van der Waals surface area contributed by atoms with Gasteiger partial charge in [-0.15, -0.1) is 11.3 Å². The highest BCUT2D eigenvalue weighted by Crippen LogP contribution is 2.21. The lowest BCUT2D eigenvalue weighted by Crippen LogP contribution is -2.35. The van der Waals surface area contributed by atoms with Gasteiger partial charge in [-0.3, -0.25) is 4.79 Å². The average molecular weight is 444 g/mol. The largest absolute Gasteiger partial charge is 0.347 e. The molecule has 6 nitrogen and oxygen atoms in total. The number of hydrogen-bond donors (Lipinski definition) is 1. The summed E-state index contributed by atoms with van der Waals surface area (Å²) in [6.45, 7) is 2.18. The van der Waals surface area contributed by atoms with E-state index in [0.717, 1.165) is 24.8 Å². The lowest BCUT2D eigenvalue weighted by Gasteiger charge is -2.25. The second-order valence-corrected chi connectivity index (χ2v) is 10.4. The van der Waals surface area contributed by atoms with Crippen LogP contribution in [0.5, 0.6) is 0 Å². The second kappa shape index (κ2) is 9.16. The van der Waals surface area contributed by atoms with Crippen molar-refractivity contribution in [2.75, 3.05) is 13.1 Å². The number of benzene rings is 1. The van der Waals surface area contributed by atoms with Gasteiger partial charge in [0.25, 0.3) is 5.91 Å². The molecule has 1 amide bonds. The van der Waals surface area contributed by atoms with Crippen LogP contribution in [0, 0.1) is 0 Å². The van der Waals surface area contributed by atoms with Gasteiger partial charge in [-0.25, -0.2) is 8.42 Å². The van der Waals surface area contributed by atoms with E-state index in [9.17, 15) is 13.2 Å². The molecule has 0 radical (unpaired) electrons. The van der Waals surface area contributed by atoms with Gasteiger partial charge in [0.15, 0.2) is 0 Å². The van der Waals surface area contributed by atoms with Gasteiger partial charge in [-0.1, -0.05) is 24.6 Å². The van der Waals surface area contributed by atoms with Crippen LogP contribution in [0.1, 0.15) is 40.2 Å². The highest BCUT2D eigenvalue weighted by molar-refractivity contribution is 7.89. The van der Waals surface area contributed by atoms with Gasteiger partial charge in [0.05, 0.1) is 11.4 Å². The minimum absolute atomic E-state index is 0.151. The highest BCUT2D eigenvalue weighted by Gasteiger charge is 2.25. The third-order valence-electron chi connectivity index (χ3n) is 5.30. The summed E-state index contributed by atoms with van der Waals surface area (Å²) in [6, 6.07) is 14.5. The monoisotopic (exact) mass is 443 g/mol. The molecule has 3 heterocycles. The van der Waals surface area contributed by atoms with Gasteiger partial charge in [0.1, 0.15) is 5.69 Å². The van der Waals surface area contributed by atoms with Crippen molar-refractivity contribution in [1.29, 1.82) is 0 Å². The van der Waals surface area contributed by atoms with Crippen LogP contribution >= 0.6 is 11.3 Å². The summed E-state index contributed by atoms with van der Waals surface area (Å²) in [6.07, 6.45) is 4.81. The summed E-state index contributed by atoms with van der Waals surface area (Å²) in [5.41, 5.74) is 1.46. The number of nitrogens with one attached hydrogen (secondary N) is 1. The molecule has 4 rings (SSSR count). The Balaban J connectivity index is 1.38. The first-order chi connectivity index (χ1) is 14.5. The molecular weight excluding hydrogens is 418 g/mol. The maximum Gasteiger partial charge on any atom is 0.268 e. The Bertz CT molecular complexity index is 1080. The second-order valence-electron chi connectivity index (χ2n) is 7.39. The van der Waals surface area contributed by atoms with Crippen LogP contribution in [0.15, 0.2) is 65.0 Å². The molecule has 8 heteroatoms. The summed E-state index contributed by atoms with van der Waals surface area (Å²) in [7, 11) is -3.43. The third kappa shape index (κ3) is 4.66. The summed E-state index contributed by atoms with van der Waals surface area (Å²) >= 11 is 1.66. The fraction of sp³-hybridized carbons (Fsp3) is 0.318. The molecule has 0 aliphatic carbocycles. The van der Waals surface area contributed by atoms with E-state index < -0.39 is 10.0 Å². The molecule has 1 saturated heterocycles. The fourth-order valence-corrected chi connectivity index (χ4v) is 5.85. The molecule has 1 fully saturated rings. The lowest BCUT2D eigenvalue weighted by atomic mass is 10.2. The number of carbonyl (C=O) groups is 1. The molecule has 0 unspecified atom stereocenters. The SMILES string of the molecule is O=C(NCc1ccc(S(=O)(=O)N2CCCCC2)cc1)c1cccn1Cc1cccs1. The number of thiophene rings is 1. The van der Waals surface area contributed by atoms with E-state index in [1.165, 1.54) is 4.88 Å². The molecule has 0 saturated carbocycles. The van der Waals surface area contributed by atoms with E-state index in [-0.39, 0.29) is 5.91 Å². The number of nitrogens with zero attached hydrogens (tertiary/aromatic N) is 2. The van der Waals surface area contributed by atoms with Crippen molar-refractivity contribution >= 4 is 27.3 Å². The van der Waals surface area contributed by atoms with Gasteiger partial charge in [-0.2, -0.15) is 4.31 Å². The molecule has 0 atom stereocenters. The number of amides is 1. The fourth-order valence-electron chi connectivity index (χ4n) is 3.64. The molecular formula is C22H25N3O3S2. The number of sulfonamides is 1. The summed E-state index contributed by atoms with van der Waals surface area (Å²) < 4.78 is 29.0. The van der Waals surface area contributed by atoms with E-state index in [4.69, 9.17) is 0 Å². The summed E-state index contributed by atoms with van der Waals surface area (Å²) in [5.74, 6) is -0.151. The number of hydrogen-bond acceptors (Lipinski definition) is 4. The van der Waals surface area contributed by atoms with Crippen LogP contribution in [-0.2, 0) is 23.1 Å². The van der Waals surface area contributed by atoms with E-state index in [1.807, 2.05) is 34.3 Å². The Morgan fingerprint density at radius 2 is 1.77 bits per heavy atom. The summed E-state index contributed by atoms with van der Waals surface area (Å²) in [5, 5.41) is 4.95. The van der Waals surface area contributed by atoms with Gasteiger partial charge in [0.2, 0.25) is 10.0 Å².